The number of rotatable bonds is 4. The molecule has 0 spiro atoms. The largest absolute Gasteiger partial charge is 0.496 e. The number of aliphatic hydroxyl groups is 1. The van der Waals surface area contributed by atoms with Gasteiger partial charge in [-0.25, -0.2) is 4.39 Å². The van der Waals surface area contributed by atoms with Crippen molar-refractivity contribution >= 4 is 0 Å². The maximum absolute atomic E-state index is 13.2. The Morgan fingerprint density at radius 3 is 2.69 bits per heavy atom. The van der Waals surface area contributed by atoms with Crippen LogP contribution in [-0.2, 0) is 0 Å². The maximum atomic E-state index is 13.2. The third-order valence-electron chi connectivity index (χ3n) is 3.37. The molecule has 1 fully saturated rings. The molecule has 0 heterocycles. The van der Waals surface area contributed by atoms with Gasteiger partial charge in [0.1, 0.15) is 11.6 Å². The van der Waals surface area contributed by atoms with Crippen LogP contribution in [-0.4, -0.2) is 12.2 Å². The van der Waals surface area contributed by atoms with Crippen molar-refractivity contribution in [2.24, 2.45) is 11.8 Å². The van der Waals surface area contributed by atoms with E-state index in [0.29, 0.717) is 17.2 Å². The molecule has 2 rings (SSSR count). The number of aliphatic hydroxyl groups excluding tert-OH is 1. The van der Waals surface area contributed by atoms with Crippen molar-refractivity contribution in [1.82, 2.24) is 0 Å². The third kappa shape index (κ3) is 2.19. The molecule has 0 aromatic heterocycles. The van der Waals surface area contributed by atoms with Gasteiger partial charge >= 0.3 is 0 Å². The Morgan fingerprint density at radius 1 is 1.44 bits per heavy atom. The van der Waals surface area contributed by atoms with Gasteiger partial charge in [-0.1, -0.05) is 6.92 Å². The lowest BCUT2D eigenvalue weighted by Crippen LogP contribution is -2.12. The summed E-state index contributed by atoms with van der Waals surface area (Å²) < 4.78 is 18.3. The number of halogens is 1. The molecule has 0 bridgehead atoms. The lowest BCUT2D eigenvalue weighted by Gasteiger charge is -2.20. The Labute approximate surface area is 95.1 Å². The van der Waals surface area contributed by atoms with E-state index in [1.54, 1.807) is 6.07 Å². The van der Waals surface area contributed by atoms with Gasteiger partial charge in [-0.15, -0.1) is 0 Å². The lowest BCUT2D eigenvalue weighted by atomic mass is 9.92. The highest BCUT2D eigenvalue weighted by atomic mass is 19.1. The summed E-state index contributed by atoms with van der Waals surface area (Å²) in [4.78, 5) is 0. The molecule has 2 nitrogen and oxygen atoms in total. The molecular weight excluding hydrogens is 207 g/mol. The van der Waals surface area contributed by atoms with Crippen LogP contribution in [0.5, 0.6) is 5.75 Å². The van der Waals surface area contributed by atoms with Gasteiger partial charge in [0.2, 0.25) is 0 Å². The van der Waals surface area contributed by atoms with E-state index in [9.17, 15) is 9.50 Å². The third-order valence-corrected chi connectivity index (χ3v) is 3.37. The Bertz CT molecular complexity index is 374. The molecule has 16 heavy (non-hydrogen) atoms. The predicted octanol–water partition coefficient (Wildman–Crippen LogP) is 2.91. The van der Waals surface area contributed by atoms with Crippen LogP contribution in [0, 0.1) is 17.7 Å². The minimum absolute atomic E-state index is 0.163. The predicted molar refractivity (Wildman–Crippen MR) is 59.8 cm³/mol. The fourth-order valence-electron chi connectivity index (χ4n) is 2.10. The van der Waals surface area contributed by atoms with E-state index in [2.05, 4.69) is 0 Å². The minimum Gasteiger partial charge on any atom is -0.496 e. The molecule has 1 aromatic carbocycles. The summed E-state index contributed by atoms with van der Waals surface area (Å²) in [6, 6.07) is 4.27. The first-order chi connectivity index (χ1) is 7.63. The van der Waals surface area contributed by atoms with Crippen LogP contribution in [0.1, 0.15) is 31.4 Å². The lowest BCUT2D eigenvalue weighted by molar-refractivity contribution is 0.102. The van der Waals surface area contributed by atoms with Crippen LogP contribution in [0.3, 0.4) is 0 Å². The van der Waals surface area contributed by atoms with Crippen molar-refractivity contribution < 1.29 is 14.2 Å². The SMILES string of the molecule is COc1ccc(F)cc1C(O)C(C)C1CC1. The van der Waals surface area contributed by atoms with Gasteiger partial charge in [-0.3, -0.25) is 0 Å². The average Bonchev–Trinajstić information content (AvgIpc) is 3.11. The van der Waals surface area contributed by atoms with E-state index in [0.717, 1.165) is 12.8 Å². The molecule has 2 unspecified atom stereocenters. The summed E-state index contributed by atoms with van der Waals surface area (Å²) in [5.41, 5.74) is 0.557. The zero-order valence-electron chi connectivity index (χ0n) is 9.61. The second-order valence-electron chi connectivity index (χ2n) is 4.53. The quantitative estimate of drug-likeness (QED) is 0.852. The summed E-state index contributed by atoms with van der Waals surface area (Å²) >= 11 is 0. The number of hydrogen-bond acceptors (Lipinski definition) is 2. The molecule has 0 radical (unpaired) electrons. The zero-order chi connectivity index (χ0) is 11.7. The summed E-state index contributed by atoms with van der Waals surface area (Å²) in [5.74, 6) is 0.956. The van der Waals surface area contributed by atoms with Gasteiger partial charge in [0.15, 0.2) is 0 Å². The topological polar surface area (TPSA) is 29.5 Å². The Kier molecular flexibility index (Phi) is 3.15. The molecule has 0 aliphatic heterocycles. The van der Waals surface area contributed by atoms with E-state index < -0.39 is 6.10 Å². The molecule has 1 aliphatic rings. The minimum atomic E-state index is -0.641. The Hall–Kier alpha value is -1.09. The highest BCUT2D eigenvalue weighted by Gasteiger charge is 2.34. The molecule has 3 heteroatoms. The van der Waals surface area contributed by atoms with Crippen LogP contribution in [0.25, 0.3) is 0 Å². The standard InChI is InChI=1S/C13H17FO2/c1-8(9-3-4-9)13(15)11-7-10(14)5-6-12(11)16-2/h5-9,13,15H,3-4H2,1-2H3. The van der Waals surface area contributed by atoms with Crippen LogP contribution >= 0.6 is 0 Å². The van der Waals surface area contributed by atoms with Crippen molar-refractivity contribution in [3.05, 3.63) is 29.6 Å². The molecular formula is C13H17FO2. The first-order valence-electron chi connectivity index (χ1n) is 5.65. The fourth-order valence-corrected chi connectivity index (χ4v) is 2.10. The monoisotopic (exact) mass is 224 g/mol. The number of hydrogen-bond donors (Lipinski definition) is 1. The second kappa shape index (κ2) is 4.42. The van der Waals surface area contributed by atoms with Crippen LogP contribution in [0.15, 0.2) is 18.2 Å². The number of methoxy groups -OCH3 is 1. The molecule has 88 valence electrons. The highest BCUT2D eigenvalue weighted by Crippen LogP contribution is 2.44. The van der Waals surface area contributed by atoms with Gasteiger partial charge in [-0.05, 0) is 42.9 Å². The smallest absolute Gasteiger partial charge is 0.124 e. The summed E-state index contributed by atoms with van der Waals surface area (Å²) in [6.07, 6.45) is 1.68. The second-order valence-corrected chi connectivity index (χ2v) is 4.53. The first-order valence-corrected chi connectivity index (χ1v) is 5.65. The number of ether oxygens (including phenoxy) is 1. The molecule has 1 aromatic rings. The highest BCUT2D eigenvalue weighted by molar-refractivity contribution is 5.36. The van der Waals surface area contributed by atoms with Crippen molar-refractivity contribution in [2.45, 2.75) is 25.9 Å². The van der Waals surface area contributed by atoms with Crippen molar-refractivity contribution in [1.29, 1.82) is 0 Å². The van der Waals surface area contributed by atoms with Crippen molar-refractivity contribution in [2.75, 3.05) is 7.11 Å². The van der Waals surface area contributed by atoms with Crippen molar-refractivity contribution in [3.63, 3.8) is 0 Å². The Balaban J connectivity index is 2.26. The summed E-state index contributed by atoms with van der Waals surface area (Å²) in [6.45, 7) is 2.01. The number of benzene rings is 1. The maximum Gasteiger partial charge on any atom is 0.124 e. The molecule has 0 saturated heterocycles. The summed E-state index contributed by atoms with van der Waals surface area (Å²) in [5, 5.41) is 10.2. The van der Waals surface area contributed by atoms with Gasteiger partial charge < -0.3 is 9.84 Å². The van der Waals surface area contributed by atoms with E-state index in [-0.39, 0.29) is 11.7 Å². The zero-order valence-corrected chi connectivity index (χ0v) is 9.61. The first kappa shape index (κ1) is 11.4. The van der Waals surface area contributed by atoms with E-state index in [1.807, 2.05) is 6.92 Å². The molecule has 1 N–H and O–H groups in total. The van der Waals surface area contributed by atoms with Gasteiger partial charge in [0.25, 0.3) is 0 Å². The van der Waals surface area contributed by atoms with Gasteiger partial charge in [0.05, 0.1) is 13.2 Å². The van der Waals surface area contributed by atoms with Crippen molar-refractivity contribution in [3.8, 4) is 5.75 Å². The van der Waals surface area contributed by atoms with Gasteiger partial charge in [0, 0.05) is 5.56 Å². The molecule has 0 amide bonds. The fraction of sp³-hybridized carbons (Fsp3) is 0.538. The van der Waals surface area contributed by atoms with E-state index in [1.165, 1.54) is 19.2 Å². The van der Waals surface area contributed by atoms with Crippen LogP contribution in [0.2, 0.25) is 0 Å². The Morgan fingerprint density at radius 2 is 2.12 bits per heavy atom. The molecule has 1 saturated carbocycles. The van der Waals surface area contributed by atoms with Crippen LogP contribution < -0.4 is 4.74 Å². The normalized spacial score (nSPS) is 19.2. The average molecular weight is 224 g/mol. The molecule has 1 aliphatic carbocycles. The van der Waals surface area contributed by atoms with E-state index in [4.69, 9.17) is 4.74 Å². The van der Waals surface area contributed by atoms with Crippen LogP contribution in [0.4, 0.5) is 4.39 Å². The summed E-state index contributed by atoms with van der Waals surface area (Å²) in [7, 11) is 1.53. The van der Waals surface area contributed by atoms with E-state index >= 15 is 0 Å². The van der Waals surface area contributed by atoms with Gasteiger partial charge in [-0.2, -0.15) is 0 Å². The molecule has 2 atom stereocenters.